The van der Waals surface area contributed by atoms with E-state index in [1.165, 1.54) is 5.56 Å². The van der Waals surface area contributed by atoms with E-state index in [1.54, 1.807) is 0 Å². The van der Waals surface area contributed by atoms with Gasteiger partial charge in [0, 0.05) is 44.5 Å². The Hall–Kier alpha value is -2.42. The van der Waals surface area contributed by atoms with E-state index in [0.29, 0.717) is 12.5 Å². The van der Waals surface area contributed by atoms with Gasteiger partial charge < -0.3 is 10.2 Å². The normalized spacial score (nSPS) is 16.4. The molecule has 1 N–H and O–H groups in total. The lowest BCUT2D eigenvalue weighted by Crippen LogP contribution is -2.39. The van der Waals surface area contributed by atoms with E-state index in [4.69, 9.17) is 0 Å². The minimum Gasteiger partial charge on any atom is -0.352 e. The van der Waals surface area contributed by atoms with E-state index in [-0.39, 0.29) is 24.0 Å². The second kappa shape index (κ2) is 10.1. The molecule has 0 amide bonds. The molecule has 0 spiro atoms. The van der Waals surface area contributed by atoms with Crippen LogP contribution in [0.25, 0.3) is 5.82 Å². The summed E-state index contributed by atoms with van der Waals surface area (Å²) < 4.78 is 1.87. The summed E-state index contributed by atoms with van der Waals surface area (Å²) in [5, 5.41) is 7.98. The smallest absolute Gasteiger partial charge is 0.193 e. The van der Waals surface area contributed by atoms with Crippen LogP contribution in [0.4, 0.5) is 0 Å². The Morgan fingerprint density at radius 3 is 2.60 bits per heavy atom. The van der Waals surface area contributed by atoms with Crippen molar-refractivity contribution < 1.29 is 0 Å². The van der Waals surface area contributed by atoms with Gasteiger partial charge in [-0.05, 0) is 43.5 Å². The maximum absolute atomic E-state index is 4.58. The molecule has 0 aliphatic carbocycles. The first-order chi connectivity index (χ1) is 14.1. The van der Waals surface area contributed by atoms with Gasteiger partial charge in [-0.25, -0.2) is 9.67 Å². The monoisotopic (exact) mass is 516 g/mol. The predicted octanol–water partition coefficient (Wildman–Crippen LogP) is 4.07. The van der Waals surface area contributed by atoms with Crippen LogP contribution in [0.2, 0.25) is 0 Å². The lowest BCUT2D eigenvalue weighted by Gasteiger charge is -2.22. The van der Waals surface area contributed by atoms with E-state index in [2.05, 4.69) is 67.8 Å². The quantitative estimate of drug-likeness (QED) is 0.323. The second-order valence-corrected chi connectivity index (χ2v) is 7.61. The molecular weight excluding hydrogens is 487 g/mol. The standard InChI is InChI=1S/C23H28N6.HI/c1-17-13-18(2)29(27-17)22-10-9-19(14-25-22)15-26-23(24-3)28-12-11-21(16-28)20-7-5-4-6-8-20;/h4-10,13-14,21H,11-12,15-16H2,1-3H3,(H,24,26);1H. The number of rotatable bonds is 4. The van der Waals surface area contributed by atoms with Gasteiger partial charge in [-0.3, -0.25) is 4.99 Å². The van der Waals surface area contributed by atoms with Crippen molar-refractivity contribution in [3.05, 3.63) is 77.2 Å². The molecule has 158 valence electrons. The highest BCUT2D eigenvalue weighted by molar-refractivity contribution is 14.0. The summed E-state index contributed by atoms with van der Waals surface area (Å²) in [7, 11) is 1.85. The lowest BCUT2D eigenvalue weighted by atomic mass is 9.99. The number of hydrogen-bond acceptors (Lipinski definition) is 3. The van der Waals surface area contributed by atoms with Crippen LogP contribution in [0, 0.1) is 13.8 Å². The Morgan fingerprint density at radius 2 is 1.97 bits per heavy atom. The molecule has 0 bridgehead atoms. The van der Waals surface area contributed by atoms with Crippen molar-refractivity contribution in [3.8, 4) is 5.82 Å². The van der Waals surface area contributed by atoms with Crippen molar-refractivity contribution in [2.24, 2.45) is 4.99 Å². The molecule has 2 aromatic heterocycles. The van der Waals surface area contributed by atoms with Gasteiger partial charge in [0.15, 0.2) is 11.8 Å². The third-order valence-electron chi connectivity index (χ3n) is 5.46. The van der Waals surface area contributed by atoms with Crippen LogP contribution in [-0.2, 0) is 6.54 Å². The molecule has 1 saturated heterocycles. The van der Waals surface area contributed by atoms with E-state index in [0.717, 1.165) is 48.2 Å². The first-order valence-corrected chi connectivity index (χ1v) is 10.1. The van der Waals surface area contributed by atoms with E-state index in [1.807, 2.05) is 37.8 Å². The van der Waals surface area contributed by atoms with Crippen molar-refractivity contribution >= 4 is 29.9 Å². The topological polar surface area (TPSA) is 58.3 Å². The summed E-state index contributed by atoms with van der Waals surface area (Å²) in [5.41, 5.74) is 4.62. The van der Waals surface area contributed by atoms with Crippen LogP contribution in [-0.4, -0.2) is 45.8 Å². The third kappa shape index (κ3) is 5.00. The lowest BCUT2D eigenvalue weighted by molar-refractivity contribution is 0.486. The Morgan fingerprint density at radius 1 is 1.17 bits per heavy atom. The number of nitrogens with one attached hydrogen (secondary N) is 1. The first-order valence-electron chi connectivity index (χ1n) is 10.1. The average molecular weight is 516 g/mol. The molecule has 1 fully saturated rings. The number of pyridine rings is 1. The summed E-state index contributed by atoms with van der Waals surface area (Å²) in [4.78, 5) is 11.4. The van der Waals surface area contributed by atoms with Gasteiger partial charge in [0.25, 0.3) is 0 Å². The summed E-state index contributed by atoms with van der Waals surface area (Å²) >= 11 is 0. The van der Waals surface area contributed by atoms with E-state index >= 15 is 0 Å². The molecule has 7 heteroatoms. The molecule has 1 aromatic carbocycles. The van der Waals surface area contributed by atoms with Crippen molar-refractivity contribution in [1.82, 2.24) is 25.0 Å². The molecule has 3 heterocycles. The minimum atomic E-state index is 0. The van der Waals surface area contributed by atoms with E-state index in [9.17, 15) is 0 Å². The molecule has 1 unspecified atom stereocenters. The number of benzene rings is 1. The highest BCUT2D eigenvalue weighted by atomic mass is 127. The number of hydrogen-bond donors (Lipinski definition) is 1. The Bertz CT molecular complexity index is 981. The van der Waals surface area contributed by atoms with E-state index < -0.39 is 0 Å². The van der Waals surface area contributed by atoms with Gasteiger partial charge in [-0.1, -0.05) is 36.4 Å². The number of halogens is 1. The maximum atomic E-state index is 4.58. The molecule has 0 radical (unpaired) electrons. The largest absolute Gasteiger partial charge is 0.352 e. The molecule has 1 aliphatic heterocycles. The summed E-state index contributed by atoms with van der Waals surface area (Å²) in [5.74, 6) is 2.36. The van der Waals surface area contributed by atoms with Gasteiger partial charge in [0.2, 0.25) is 0 Å². The summed E-state index contributed by atoms with van der Waals surface area (Å²) in [6.45, 7) is 6.75. The number of nitrogens with zero attached hydrogens (tertiary/aromatic N) is 5. The summed E-state index contributed by atoms with van der Waals surface area (Å²) in [6, 6.07) is 16.9. The molecule has 1 aliphatic rings. The highest BCUT2D eigenvalue weighted by Crippen LogP contribution is 2.26. The maximum Gasteiger partial charge on any atom is 0.193 e. The zero-order valence-corrected chi connectivity index (χ0v) is 20.1. The number of aryl methyl sites for hydroxylation is 2. The van der Waals surface area contributed by atoms with Crippen LogP contribution in [0.5, 0.6) is 0 Å². The van der Waals surface area contributed by atoms with Crippen molar-refractivity contribution in [1.29, 1.82) is 0 Å². The molecule has 6 nitrogen and oxygen atoms in total. The fourth-order valence-corrected chi connectivity index (χ4v) is 3.97. The van der Waals surface area contributed by atoms with Crippen LogP contribution in [0.1, 0.15) is 34.9 Å². The van der Waals surface area contributed by atoms with Crippen LogP contribution < -0.4 is 5.32 Å². The Kier molecular flexibility index (Phi) is 7.47. The fraction of sp³-hybridized carbons (Fsp3) is 0.348. The number of likely N-dealkylation sites (tertiary alicyclic amines) is 1. The molecule has 4 rings (SSSR count). The van der Waals surface area contributed by atoms with Gasteiger partial charge >= 0.3 is 0 Å². The van der Waals surface area contributed by atoms with Crippen LogP contribution in [0.3, 0.4) is 0 Å². The highest BCUT2D eigenvalue weighted by Gasteiger charge is 2.25. The first kappa shape index (κ1) is 22.3. The molecule has 30 heavy (non-hydrogen) atoms. The fourth-order valence-electron chi connectivity index (χ4n) is 3.97. The van der Waals surface area contributed by atoms with Crippen molar-refractivity contribution in [2.75, 3.05) is 20.1 Å². The van der Waals surface area contributed by atoms with Crippen molar-refractivity contribution in [3.63, 3.8) is 0 Å². The second-order valence-electron chi connectivity index (χ2n) is 7.61. The van der Waals surface area contributed by atoms with Crippen LogP contribution in [0.15, 0.2) is 59.7 Å². The zero-order chi connectivity index (χ0) is 20.2. The minimum absolute atomic E-state index is 0. The predicted molar refractivity (Wildman–Crippen MR) is 132 cm³/mol. The number of aliphatic imine (C=N–C) groups is 1. The Balaban J connectivity index is 0.00000256. The molecule has 1 atom stereocenters. The SMILES string of the molecule is CN=C(NCc1ccc(-n2nc(C)cc2C)nc1)N1CCC(c2ccccc2)C1.I. The molecule has 3 aromatic rings. The van der Waals surface area contributed by atoms with Crippen molar-refractivity contribution in [2.45, 2.75) is 32.7 Å². The average Bonchev–Trinajstić information content (AvgIpc) is 3.36. The Labute approximate surface area is 195 Å². The van der Waals surface area contributed by atoms with Crippen LogP contribution >= 0.6 is 24.0 Å². The zero-order valence-electron chi connectivity index (χ0n) is 17.7. The van der Waals surface area contributed by atoms with Gasteiger partial charge in [0.05, 0.1) is 5.69 Å². The van der Waals surface area contributed by atoms with Gasteiger partial charge in [-0.2, -0.15) is 5.10 Å². The number of guanidine groups is 1. The molecular formula is C23H29IN6. The summed E-state index contributed by atoms with van der Waals surface area (Å²) in [6.07, 6.45) is 3.06. The molecule has 0 saturated carbocycles. The number of aromatic nitrogens is 3. The van der Waals surface area contributed by atoms with Gasteiger partial charge in [-0.15, -0.1) is 24.0 Å². The van der Waals surface area contributed by atoms with Gasteiger partial charge in [0.1, 0.15) is 0 Å². The third-order valence-corrected chi connectivity index (χ3v) is 5.46.